The molecule has 1 radical (unpaired) electrons. The molecule has 97 valence electrons. The number of halogens is 1. The summed E-state index contributed by atoms with van der Waals surface area (Å²) in [5.41, 5.74) is 2.56. The predicted molar refractivity (Wildman–Crippen MR) is 71.9 cm³/mol. The van der Waals surface area contributed by atoms with E-state index in [0.717, 1.165) is 28.2 Å². The monoisotopic (exact) mass is 257 g/mol. The van der Waals surface area contributed by atoms with Crippen molar-refractivity contribution in [2.24, 2.45) is 0 Å². The number of hydrogen-bond acceptors (Lipinski definition) is 2. The van der Waals surface area contributed by atoms with E-state index in [2.05, 4.69) is 6.92 Å². The van der Waals surface area contributed by atoms with Crippen molar-refractivity contribution >= 4 is 0 Å². The Balaban J connectivity index is 2.09. The maximum absolute atomic E-state index is 13.7. The van der Waals surface area contributed by atoms with Crippen LogP contribution in [0.1, 0.15) is 5.56 Å². The van der Waals surface area contributed by atoms with Crippen LogP contribution >= 0.6 is 0 Å². The first-order valence-corrected chi connectivity index (χ1v) is 6.14. The van der Waals surface area contributed by atoms with Gasteiger partial charge in [-0.1, -0.05) is 12.1 Å². The number of fused-ring (bicyclic) bond motifs is 1. The van der Waals surface area contributed by atoms with Gasteiger partial charge in [-0.2, -0.15) is 0 Å². The largest absolute Gasteiger partial charge is 0.497 e. The van der Waals surface area contributed by atoms with Crippen LogP contribution < -0.4 is 9.47 Å². The molecule has 0 fully saturated rings. The molecular formula is C16H14FO2. The Bertz CT molecular complexity index is 605. The van der Waals surface area contributed by atoms with E-state index in [1.165, 1.54) is 12.1 Å². The summed E-state index contributed by atoms with van der Waals surface area (Å²) < 4.78 is 24.5. The standard InChI is InChI=1S/C16H14FO2/c1-10-7-12-8-13(17)9-15(16(12)19-10)11-3-5-14(18-2)6-4-11/h3-6,8-10H,1,7H2,2H3. The lowest BCUT2D eigenvalue weighted by molar-refractivity contribution is 0.282. The Morgan fingerprint density at radius 2 is 2.00 bits per heavy atom. The lowest BCUT2D eigenvalue weighted by Crippen LogP contribution is -2.06. The highest BCUT2D eigenvalue weighted by Crippen LogP contribution is 2.39. The Hall–Kier alpha value is -2.03. The van der Waals surface area contributed by atoms with E-state index in [0.29, 0.717) is 6.42 Å². The van der Waals surface area contributed by atoms with Crippen molar-refractivity contribution in [1.29, 1.82) is 0 Å². The van der Waals surface area contributed by atoms with Crippen LogP contribution in [-0.2, 0) is 6.42 Å². The second-order valence-corrected chi connectivity index (χ2v) is 4.61. The molecule has 0 saturated heterocycles. The normalized spacial score (nSPS) is 16.9. The van der Waals surface area contributed by atoms with Gasteiger partial charge in [0.15, 0.2) is 0 Å². The minimum Gasteiger partial charge on any atom is -0.497 e. The fraction of sp³-hybridized carbons (Fsp3) is 0.188. The Labute approximate surface area is 111 Å². The topological polar surface area (TPSA) is 18.5 Å². The average Bonchev–Trinajstić information content (AvgIpc) is 2.78. The van der Waals surface area contributed by atoms with E-state index in [4.69, 9.17) is 9.47 Å². The highest BCUT2D eigenvalue weighted by molar-refractivity contribution is 5.73. The van der Waals surface area contributed by atoms with Gasteiger partial charge in [0, 0.05) is 17.5 Å². The summed E-state index contributed by atoms with van der Waals surface area (Å²) in [7, 11) is 1.62. The molecule has 0 bridgehead atoms. The van der Waals surface area contributed by atoms with Gasteiger partial charge in [0.2, 0.25) is 0 Å². The quantitative estimate of drug-likeness (QED) is 0.817. The molecular weight excluding hydrogens is 243 g/mol. The third kappa shape index (κ3) is 2.16. The summed E-state index contributed by atoms with van der Waals surface area (Å²) in [6.45, 7) is 3.88. The SMILES string of the molecule is [CH2]C1Cc2cc(F)cc(-c3ccc(OC)cc3)c2O1. The van der Waals surface area contributed by atoms with E-state index in [1.807, 2.05) is 24.3 Å². The maximum Gasteiger partial charge on any atom is 0.131 e. The molecule has 0 aromatic heterocycles. The lowest BCUT2D eigenvalue weighted by Gasteiger charge is -2.10. The van der Waals surface area contributed by atoms with Gasteiger partial charge < -0.3 is 9.47 Å². The zero-order chi connectivity index (χ0) is 13.4. The highest BCUT2D eigenvalue weighted by atomic mass is 19.1. The number of ether oxygens (including phenoxy) is 2. The molecule has 0 spiro atoms. The molecule has 1 heterocycles. The van der Waals surface area contributed by atoms with Crippen LogP contribution in [0.4, 0.5) is 4.39 Å². The van der Waals surface area contributed by atoms with Crippen molar-refractivity contribution in [2.45, 2.75) is 12.5 Å². The summed E-state index contributed by atoms with van der Waals surface area (Å²) in [5, 5.41) is 0. The molecule has 1 aliphatic rings. The smallest absolute Gasteiger partial charge is 0.131 e. The van der Waals surface area contributed by atoms with Crippen LogP contribution in [0, 0.1) is 12.7 Å². The van der Waals surface area contributed by atoms with Crippen molar-refractivity contribution in [3.8, 4) is 22.6 Å². The summed E-state index contributed by atoms with van der Waals surface area (Å²) in [4.78, 5) is 0. The minimum atomic E-state index is -0.248. The number of methoxy groups -OCH3 is 1. The maximum atomic E-state index is 13.7. The molecule has 0 amide bonds. The van der Waals surface area contributed by atoms with Gasteiger partial charge in [-0.25, -0.2) is 4.39 Å². The number of benzene rings is 2. The third-order valence-electron chi connectivity index (χ3n) is 3.26. The van der Waals surface area contributed by atoms with E-state index >= 15 is 0 Å². The molecule has 1 atom stereocenters. The molecule has 2 nitrogen and oxygen atoms in total. The third-order valence-corrected chi connectivity index (χ3v) is 3.26. The zero-order valence-corrected chi connectivity index (χ0v) is 10.7. The van der Waals surface area contributed by atoms with Crippen LogP contribution in [0.5, 0.6) is 11.5 Å². The van der Waals surface area contributed by atoms with Crippen molar-refractivity contribution in [2.75, 3.05) is 7.11 Å². The second-order valence-electron chi connectivity index (χ2n) is 4.61. The van der Waals surface area contributed by atoms with Gasteiger partial charge in [-0.3, -0.25) is 0 Å². The second kappa shape index (κ2) is 4.57. The highest BCUT2D eigenvalue weighted by Gasteiger charge is 2.24. The summed E-state index contributed by atoms with van der Waals surface area (Å²) in [5.74, 6) is 1.27. The van der Waals surface area contributed by atoms with Crippen molar-refractivity contribution in [3.63, 3.8) is 0 Å². The molecule has 3 heteroatoms. The van der Waals surface area contributed by atoms with Gasteiger partial charge in [0.05, 0.1) is 7.11 Å². The van der Waals surface area contributed by atoms with E-state index < -0.39 is 0 Å². The van der Waals surface area contributed by atoms with Gasteiger partial charge in [-0.15, -0.1) is 0 Å². The van der Waals surface area contributed by atoms with E-state index in [-0.39, 0.29) is 11.9 Å². The molecule has 0 saturated carbocycles. The molecule has 19 heavy (non-hydrogen) atoms. The van der Waals surface area contributed by atoms with Gasteiger partial charge in [0.25, 0.3) is 0 Å². The van der Waals surface area contributed by atoms with Crippen LogP contribution in [-0.4, -0.2) is 13.2 Å². The van der Waals surface area contributed by atoms with Crippen LogP contribution in [0.15, 0.2) is 36.4 Å². The first-order chi connectivity index (χ1) is 9.17. The van der Waals surface area contributed by atoms with Crippen LogP contribution in [0.2, 0.25) is 0 Å². The fourth-order valence-electron chi connectivity index (χ4n) is 2.38. The fourth-order valence-corrected chi connectivity index (χ4v) is 2.38. The first-order valence-electron chi connectivity index (χ1n) is 6.14. The Morgan fingerprint density at radius 3 is 2.68 bits per heavy atom. The summed E-state index contributed by atoms with van der Waals surface area (Å²) in [6.07, 6.45) is 0.504. The van der Waals surface area contributed by atoms with E-state index in [9.17, 15) is 4.39 Å². The summed E-state index contributed by atoms with van der Waals surface area (Å²) in [6, 6.07) is 10.5. The number of rotatable bonds is 2. The summed E-state index contributed by atoms with van der Waals surface area (Å²) >= 11 is 0. The van der Waals surface area contributed by atoms with Crippen molar-refractivity contribution < 1.29 is 13.9 Å². The van der Waals surface area contributed by atoms with Crippen molar-refractivity contribution in [3.05, 3.63) is 54.7 Å². The zero-order valence-electron chi connectivity index (χ0n) is 10.7. The Morgan fingerprint density at radius 1 is 1.26 bits per heavy atom. The van der Waals surface area contributed by atoms with Crippen LogP contribution in [0.3, 0.4) is 0 Å². The molecule has 3 rings (SSSR count). The Kier molecular flexibility index (Phi) is 2.90. The molecule has 0 N–H and O–H groups in total. The lowest BCUT2D eigenvalue weighted by atomic mass is 10.0. The van der Waals surface area contributed by atoms with Crippen molar-refractivity contribution in [1.82, 2.24) is 0 Å². The molecule has 2 aromatic carbocycles. The van der Waals surface area contributed by atoms with E-state index in [1.54, 1.807) is 7.11 Å². The molecule has 1 aliphatic heterocycles. The van der Waals surface area contributed by atoms with Gasteiger partial charge >= 0.3 is 0 Å². The predicted octanol–water partition coefficient (Wildman–Crippen LogP) is 3.64. The number of hydrogen-bond donors (Lipinski definition) is 0. The van der Waals surface area contributed by atoms with Gasteiger partial charge in [-0.05, 0) is 36.8 Å². The van der Waals surface area contributed by atoms with Crippen LogP contribution in [0.25, 0.3) is 11.1 Å². The average molecular weight is 257 g/mol. The van der Waals surface area contributed by atoms with Gasteiger partial charge in [0.1, 0.15) is 23.4 Å². The molecule has 2 aromatic rings. The molecule has 1 unspecified atom stereocenters. The molecule has 0 aliphatic carbocycles. The first kappa shape index (κ1) is 12.0. The minimum absolute atomic E-state index is 0.145.